The lowest BCUT2D eigenvalue weighted by atomic mass is 9.40. The van der Waals surface area contributed by atoms with Crippen LogP contribution in [0.5, 0.6) is 0 Å². The van der Waals surface area contributed by atoms with Crippen molar-refractivity contribution in [3.63, 3.8) is 0 Å². The first-order valence-corrected chi connectivity index (χ1v) is 11.1. The molecule has 4 fully saturated rings. The highest BCUT2D eigenvalue weighted by Gasteiger charge is 2.75. The summed E-state index contributed by atoms with van der Waals surface area (Å²) < 4.78 is 5.24. The van der Waals surface area contributed by atoms with E-state index in [1.807, 2.05) is 6.92 Å². The molecule has 0 unspecified atom stereocenters. The standard InChI is InChI=1S/C22H34O8/c1-3-30-18(27)14-5-7-22(29)13-4-6-20(28)9-12(24)8-16(26)21(20,11-23)17(13)15(25)10-19(14,22)2/h13-17,23,25-26,28-29H,3-11H2,1-2H3/t13-,14-,15+,16-,17-,19-,20+,21-,22-/m1/s1. The molecular formula is C22H34O8. The summed E-state index contributed by atoms with van der Waals surface area (Å²) in [7, 11) is 0. The number of rotatable bonds is 3. The lowest BCUT2D eigenvalue weighted by Gasteiger charge is -2.67. The van der Waals surface area contributed by atoms with Crippen LogP contribution in [0.3, 0.4) is 0 Å². The van der Waals surface area contributed by atoms with Crippen molar-refractivity contribution in [3.8, 4) is 0 Å². The van der Waals surface area contributed by atoms with E-state index in [0.29, 0.717) is 19.3 Å². The number of ketones is 1. The maximum Gasteiger partial charge on any atom is 0.309 e. The van der Waals surface area contributed by atoms with Crippen LogP contribution in [0.2, 0.25) is 0 Å². The van der Waals surface area contributed by atoms with Gasteiger partial charge in [0.15, 0.2) is 0 Å². The molecule has 0 amide bonds. The number of aliphatic hydroxyl groups is 5. The van der Waals surface area contributed by atoms with Crippen LogP contribution in [-0.2, 0) is 14.3 Å². The molecule has 8 nitrogen and oxygen atoms in total. The minimum Gasteiger partial charge on any atom is -0.466 e. The lowest BCUT2D eigenvalue weighted by Crippen LogP contribution is -2.75. The van der Waals surface area contributed by atoms with Crippen LogP contribution in [0, 0.1) is 28.6 Å². The third-order valence-corrected chi connectivity index (χ3v) is 9.33. The molecule has 4 aliphatic rings. The van der Waals surface area contributed by atoms with Gasteiger partial charge in [-0.15, -0.1) is 0 Å². The highest BCUT2D eigenvalue weighted by molar-refractivity contribution is 5.81. The summed E-state index contributed by atoms with van der Waals surface area (Å²) in [6, 6.07) is 0. The van der Waals surface area contributed by atoms with Gasteiger partial charge in [-0.25, -0.2) is 0 Å². The fourth-order valence-corrected chi connectivity index (χ4v) is 7.94. The molecule has 0 bridgehead atoms. The molecule has 170 valence electrons. The van der Waals surface area contributed by atoms with E-state index in [0.717, 1.165) is 0 Å². The quantitative estimate of drug-likeness (QED) is 0.394. The molecule has 0 aliphatic heterocycles. The second kappa shape index (κ2) is 6.97. The van der Waals surface area contributed by atoms with Gasteiger partial charge in [0.1, 0.15) is 5.78 Å². The summed E-state index contributed by atoms with van der Waals surface area (Å²) in [6.45, 7) is 3.18. The summed E-state index contributed by atoms with van der Waals surface area (Å²) in [5.41, 5.74) is -5.36. The molecule has 4 saturated carbocycles. The minimum absolute atomic E-state index is 0.0899. The second-order valence-electron chi connectivity index (χ2n) is 10.3. The first-order valence-electron chi connectivity index (χ1n) is 11.1. The van der Waals surface area contributed by atoms with Gasteiger partial charge < -0.3 is 30.3 Å². The number of esters is 1. The molecule has 0 heterocycles. The average molecular weight is 427 g/mol. The molecule has 0 aromatic carbocycles. The topological polar surface area (TPSA) is 145 Å². The number of aliphatic hydroxyl groups excluding tert-OH is 3. The lowest BCUT2D eigenvalue weighted by molar-refractivity contribution is -0.304. The first-order chi connectivity index (χ1) is 14.0. The normalized spacial score (nSPS) is 52.9. The van der Waals surface area contributed by atoms with E-state index >= 15 is 0 Å². The molecule has 30 heavy (non-hydrogen) atoms. The van der Waals surface area contributed by atoms with Gasteiger partial charge >= 0.3 is 5.97 Å². The smallest absolute Gasteiger partial charge is 0.309 e. The molecule has 5 N–H and O–H groups in total. The maximum atomic E-state index is 12.6. The molecule has 0 aromatic rings. The zero-order valence-corrected chi connectivity index (χ0v) is 17.7. The molecule has 0 spiro atoms. The summed E-state index contributed by atoms with van der Waals surface area (Å²) in [4.78, 5) is 24.8. The van der Waals surface area contributed by atoms with Crippen molar-refractivity contribution in [1.29, 1.82) is 0 Å². The SMILES string of the molecule is CCOC(=O)[C@H]1CC[C@@]2(O)[C@@H]3CC[C@]4(O)CC(=O)C[C@@H](O)[C@]4(CO)[C@H]3[C@@H](O)C[C@]12C. The zero-order valence-electron chi connectivity index (χ0n) is 17.7. The molecule has 9 atom stereocenters. The van der Waals surface area contributed by atoms with Crippen LogP contribution in [0.1, 0.15) is 58.8 Å². The highest BCUT2D eigenvalue weighted by Crippen LogP contribution is 2.69. The van der Waals surface area contributed by atoms with Crippen LogP contribution >= 0.6 is 0 Å². The number of carbonyl (C=O) groups is 2. The minimum atomic E-state index is -1.64. The van der Waals surface area contributed by atoms with Gasteiger partial charge in [0, 0.05) is 24.2 Å². The van der Waals surface area contributed by atoms with E-state index in [-0.39, 0.29) is 44.0 Å². The Morgan fingerprint density at radius 3 is 2.53 bits per heavy atom. The van der Waals surface area contributed by atoms with Crippen LogP contribution in [0.25, 0.3) is 0 Å². The number of ether oxygens (including phenoxy) is 1. The fourth-order valence-electron chi connectivity index (χ4n) is 7.94. The zero-order chi connectivity index (χ0) is 22.1. The Kier molecular flexibility index (Phi) is 5.14. The Balaban J connectivity index is 1.79. The number of fused-ring (bicyclic) bond motifs is 5. The van der Waals surface area contributed by atoms with Crippen molar-refractivity contribution in [1.82, 2.24) is 0 Å². The van der Waals surface area contributed by atoms with Gasteiger partial charge in [0.2, 0.25) is 0 Å². The van der Waals surface area contributed by atoms with Crippen LogP contribution in [0.4, 0.5) is 0 Å². The summed E-state index contributed by atoms with van der Waals surface area (Å²) in [5, 5.41) is 56.1. The summed E-state index contributed by atoms with van der Waals surface area (Å²) in [6.07, 6.45) is -1.42. The Labute approximate surface area is 176 Å². The van der Waals surface area contributed by atoms with Gasteiger partial charge in [-0.1, -0.05) is 6.92 Å². The predicted octanol–water partition coefficient (Wildman–Crippen LogP) is -0.0787. The Morgan fingerprint density at radius 1 is 1.20 bits per heavy atom. The number of hydrogen-bond acceptors (Lipinski definition) is 8. The van der Waals surface area contributed by atoms with Gasteiger partial charge in [0.05, 0.1) is 48.0 Å². The first kappa shape index (κ1) is 22.1. The van der Waals surface area contributed by atoms with E-state index in [1.165, 1.54) is 0 Å². The largest absolute Gasteiger partial charge is 0.466 e. The van der Waals surface area contributed by atoms with Crippen LogP contribution < -0.4 is 0 Å². The average Bonchev–Trinajstić information content (AvgIpc) is 2.92. The van der Waals surface area contributed by atoms with Crippen molar-refractivity contribution in [2.75, 3.05) is 13.2 Å². The van der Waals surface area contributed by atoms with Gasteiger partial charge in [-0.2, -0.15) is 0 Å². The molecule has 0 radical (unpaired) electrons. The Morgan fingerprint density at radius 2 is 1.90 bits per heavy atom. The number of carbonyl (C=O) groups excluding carboxylic acids is 2. The van der Waals surface area contributed by atoms with E-state index in [4.69, 9.17) is 4.74 Å². The maximum absolute atomic E-state index is 12.6. The van der Waals surface area contributed by atoms with Gasteiger partial charge in [-0.3, -0.25) is 9.59 Å². The van der Waals surface area contributed by atoms with E-state index in [1.54, 1.807) is 6.92 Å². The van der Waals surface area contributed by atoms with Crippen molar-refractivity contribution in [2.24, 2.45) is 28.6 Å². The third kappa shape index (κ3) is 2.51. The monoisotopic (exact) mass is 426 g/mol. The van der Waals surface area contributed by atoms with E-state index < -0.39 is 58.6 Å². The van der Waals surface area contributed by atoms with Crippen molar-refractivity contribution < 1.29 is 39.9 Å². The van der Waals surface area contributed by atoms with Crippen molar-refractivity contribution >= 4 is 11.8 Å². The van der Waals surface area contributed by atoms with Gasteiger partial charge in [-0.05, 0) is 44.9 Å². The molecule has 0 aromatic heterocycles. The summed E-state index contributed by atoms with van der Waals surface area (Å²) in [5.74, 6) is -2.52. The molecule has 4 aliphatic carbocycles. The van der Waals surface area contributed by atoms with Crippen LogP contribution in [-0.4, -0.2) is 73.9 Å². The fraction of sp³-hybridized carbons (Fsp3) is 0.909. The molecule has 0 saturated heterocycles. The van der Waals surface area contributed by atoms with Crippen molar-refractivity contribution in [3.05, 3.63) is 0 Å². The highest BCUT2D eigenvalue weighted by atomic mass is 16.5. The van der Waals surface area contributed by atoms with E-state index in [9.17, 15) is 35.1 Å². The third-order valence-electron chi connectivity index (χ3n) is 9.33. The van der Waals surface area contributed by atoms with Crippen LogP contribution in [0.15, 0.2) is 0 Å². The molecule has 8 heteroatoms. The molecular weight excluding hydrogens is 392 g/mol. The second-order valence-corrected chi connectivity index (χ2v) is 10.3. The Hall–Kier alpha value is -1.06. The number of hydrogen-bond donors (Lipinski definition) is 5. The van der Waals surface area contributed by atoms with Crippen molar-refractivity contribution in [2.45, 2.75) is 82.2 Å². The number of Topliss-reactive ketones (excluding diaryl/α,β-unsaturated/α-hetero) is 1. The van der Waals surface area contributed by atoms with Gasteiger partial charge in [0.25, 0.3) is 0 Å². The van der Waals surface area contributed by atoms with E-state index in [2.05, 4.69) is 0 Å². The molecule has 4 rings (SSSR count). The predicted molar refractivity (Wildman–Crippen MR) is 104 cm³/mol. The Bertz CT molecular complexity index is 741. The summed E-state index contributed by atoms with van der Waals surface area (Å²) >= 11 is 0.